The average molecular weight is 410 g/mol. The summed E-state index contributed by atoms with van der Waals surface area (Å²) in [5.74, 6) is 0.477. The summed E-state index contributed by atoms with van der Waals surface area (Å²) in [6.07, 6.45) is 6.23. The zero-order chi connectivity index (χ0) is 19.8. The number of nitrogens with one attached hydrogen (secondary N) is 1. The number of benzene rings is 1. The second-order valence-electron chi connectivity index (χ2n) is 8.09. The molecule has 0 spiro atoms. The van der Waals surface area contributed by atoms with Crippen molar-refractivity contribution in [3.05, 3.63) is 35.9 Å². The molecule has 1 atom stereocenters. The van der Waals surface area contributed by atoms with Gasteiger partial charge in [0.2, 0.25) is 0 Å². The van der Waals surface area contributed by atoms with Crippen LogP contribution in [0.5, 0.6) is 0 Å². The van der Waals surface area contributed by atoms with E-state index in [1.54, 1.807) is 11.4 Å². The molecule has 0 amide bonds. The van der Waals surface area contributed by atoms with E-state index in [1.165, 1.54) is 18.4 Å². The summed E-state index contributed by atoms with van der Waals surface area (Å²) in [4.78, 5) is 2.52. The average Bonchev–Trinajstić information content (AvgIpc) is 2.71. The van der Waals surface area contributed by atoms with Gasteiger partial charge in [0.1, 0.15) is 0 Å². The van der Waals surface area contributed by atoms with Gasteiger partial charge in [-0.25, -0.2) is 4.72 Å². The van der Waals surface area contributed by atoms with Crippen molar-refractivity contribution < 1.29 is 13.2 Å². The molecular weight excluding hydrogens is 374 g/mol. The number of likely N-dealkylation sites (tertiary alicyclic amines) is 1. The molecule has 2 fully saturated rings. The maximum atomic E-state index is 12.6. The van der Waals surface area contributed by atoms with Crippen LogP contribution in [0.2, 0.25) is 0 Å². The summed E-state index contributed by atoms with van der Waals surface area (Å²) in [7, 11) is -1.67. The number of methoxy groups -OCH3 is 1. The molecule has 7 heteroatoms. The van der Waals surface area contributed by atoms with E-state index in [4.69, 9.17) is 4.74 Å². The van der Waals surface area contributed by atoms with Gasteiger partial charge in [-0.05, 0) is 50.1 Å². The van der Waals surface area contributed by atoms with Gasteiger partial charge in [-0.1, -0.05) is 36.8 Å². The minimum atomic E-state index is -3.37. The fourth-order valence-corrected chi connectivity index (χ4v) is 5.66. The molecule has 2 aliphatic heterocycles. The summed E-state index contributed by atoms with van der Waals surface area (Å²) in [6.45, 7) is 4.46. The number of ether oxygens (including phenoxy) is 1. The molecule has 1 aromatic carbocycles. The fourth-order valence-electron chi connectivity index (χ4n) is 4.41. The SMILES string of the molecule is COCC1CCN(S(=O)(=O)NCC[C@@H]2CCCCN2Cc2ccccc2)CC1. The van der Waals surface area contributed by atoms with Crippen molar-refractivity contribution in [3.63, 3.8) is 0 Å². The van der Waals surface area contributed by atoms with Crippen molar-refractivity contribution >= 4 is 10.2 Å². The van der Waals surface area contributed by atoms with E-state index in [9.17, 15) is 8.42 Å². The number of nitrogens with zero attached hydrogens (tertiary/aromatic N) is 2. The van der Waals surface area contributed by atoms with Crippen LogP contribution in [0.25, 0.3) is 0 Å². The molecule has 6 nitrogen and oxygen atoms in total. The topological polar surface area (TPSA) is 61.9 Å². The highest BCUT2D eigenvalue weighted by molar-refractivity contribution is 7.87. The molecule has 0 unspecified atom stereocenters. The van der Waals surface area contributed by atoms with Gasteiger partial charge in [-0.15, -0.1) is 0 Å². The predicted molar refractivity (Wildman–Crippen MR) is 112 cm³/mol. The van der Waals surface area contributed by atoms with Crippen molar-refractivity contribution in [2.75, 3.05) is 39.9 Å². The molecule has 0 saturated carbocycles. The van der Waals surface area contributed by atoms with Gasteiger partial charge in [-0.2, -0.15) is 12.7 Å². The van der Waals surface area contributed by atoms with Crippen LogP contribution in [0.1, 0.15) is 44.1 Å². The lowest BCUT2D eigenvalue weighted by molar-refractivity contribution is 0.120. The van der Waals surface area contributed by atoms with E-state index >= 15 is 0 Å². The smallest absolute Gasteiger partial charge is 0.279 e. The minimum absolute atomic E-state index is 0.448. The van der Waals surface area contributed by atoms with Crippen molar-refractivity contribution in [2.24, 2.45) is 5.92 Å². The lowest BCUT2D eigenvalue weighted by Crippen LogP contribution is -2.47. The van der Waals surface area contributed by atoms with Crippen molar-refractivity contribution in [3.8, 4) is 0 Å². The zero-order valence-electron chi connectivity index (χ0n) is 17.1. The lowest BCUT2D eigenvalue weighted by Gasteiger charge is -2.36. The van der Waals surface area contributed by atoms with E-state index in [0.29, 0.717) is 31.6 Å². The zero-order valence-corrected chi connectivity index (χ0v) is 17.9. The first-order valence-corrected chi connectivity index (χ1v) is 12.0. The van der Waals surface area contributed by atoms with Crippen molar-refractivity contribution in [1.82, 2.24) is 13.9 Å². The van der Waals surface area contributed by atoms with Crippen LogP contribution in [-0.2, 0) is 21.5 Å². The summed E-state index contributed by atoms with van der Waals surface area (Å²) in [5, 5.41) is 0. The standard InChI is InChI=1S/C21H35N3O3S/c1-27-18-20-11-15-24(16-12-20)28(25,26)22-13-10-21-9-5-6-14-23(21)17-19-7-3-2-4-8-19/h2-4,7-8,20-22H,5-6,9-18H2,1H3/t21-/m0/s1. The Morgan fingerprint density at radius 3 is 2.54 bits per heavy atom. The molecule has 0 aliphatic carbocycles. The van der Waals surface area contributed by atoms with Crippen LogP contribution >= 0.6 is 0 Å². The largest absolute Gasteiger partial charge is 0.384 e. The lowest BCUT2D eigenvalue weighted by atomic mass is 9.98. The Hall–Kier alpha value is -0.990. The van der Waals surface area contributed by atoms with Gasteiger partial charge in [0.25, 0.3) is 10.2 Å². The van der Waals surface area contributed by atoms with E-state index in [-0.39, 0.29) is 0 Å². The Morgan fingerprint density at radius 2 is 1.82 bits per heavy atom. The van der Waals surface area contributed by atoms with Crippen LogP contribution in [0, 0.1) is 5.92 Å². The van der Waals surface area contributed by atoms with E-state index in [1.807, 2.05) is 6.07 Å². The number of hydrogen-bond donors (Lipinski definition) is 1. The van der Waals surface area contributed by atoms with Gasteiger partial charge in [0.15, 0.2) is 0 Å². The third kappa shape index (κ3) is 6.26. The molecule has 2 aliphatic rings. The van der Waals surface area contributed by atoms with Gasteiger partial charge in [0.05, 0.1) is 0 Å². The number of piperidine rings is 2. The van der Waals surface area contributed by atoms with Gasteiger partial charge >= 0.3 is 0 Å². The van der Waals surface area contributed by atoms with Gasteiger partial charge < -0.3 is 4.74 Å². The summed E-state index contributed by atoms with van der Waals surface area (Å²) >= 11 is 0. The Kier molecular flexibility index (Phi) is 8.29. The maximum absolute atomic E-state index is 12.6. The predicted octanol–water partition coefficient (Wildman–Crippen LogP) is 2.62. The maximum Gasteiger partial charge on any atom is 0.279 e. The van der Waals surface area contributed by atoms with Crippen molar-refractivity contribution in [2.45, 2.75) is 51.1 Å². The van der Waals surface area contributed by atoms with E-state index in [2.05, 4.69) is 33.9 Å². The van der Waals surface area contributed by atoms with E-state index < -0.39 is 10.2 Å². The van der Waals surface area contributed by atoms with E-state index in [0.717, 1.165) is 45.4 Å². The first-order valence-electron chi connectivity index (χ1n) is 10.6. The summed E-state index contributed by atoms with van der Waals surface area (Å²) in [6, 6.07) is 11.0. The Labute approximate surface area is 170 Å². The molecule has 3 rings (SSSR count). The van der Waals surface area contributed by atoms with Crippen LogP contribution in [-0.4, -0.2) is 63.6 Å². The second kappa shape index (κ2) is 10.7. The molecule has 0 bridgehead atoms. The normalized spacial score (nSPS) is 23.1. The molecular formula is C21H35N3O3S. The highest BCUT2D eigenvalue weighted by Crippen LogP contribution is 2.22. The molecule has 0 aromatic heterocycles. The Bertz CT molecular complexity index is 675. The number of rotatable bonds is 9. The van der Waals surface area contributed by atoms with Crippen LogP contribution in [0.4, 0.5) is 0 Å². The fraction of sp³-hybridized carbons (Fsp3) is 0.714. The molecule has 28 heavy (non-hydrogen) atoms. The molecule has 158 valence electrons. The Morgan fingerprint density at radius 1 is 1.07 bits per heavy atom. The van der Waals surface area contributed by atoms with Gasteiger partial charge in [0, 0.05) is 45.9 Å². The molecule has 2 heterocycles. The highest BCUT2D eigenvalue weighted by atomic mass is 32.2. The summed E-state index contributed by atoms with van der Waals surface area (Å²) in [5.41, 5.74) is 1.33. The molecule has 1 N–H and O–H groups in total. The summed E-state index contributed by atoms with van der Waals surface area (Å²) < 4.78 is 34.9. The molecule has 1 aromatic rings. The Balaban J connectivity index is 1.46. The third-order valence-corrected chi connectivity index (χ3v) is 7.67. The molecule has 2 saturated heterocycles. The first-order chi connectivity index (χ1) is 13.6. The highest BCUT2D eigenvalue weighted by Gasteiger charge is 2.28. The van der Waals surface area contributed by atoms with Crippen LogP contribution in [0.3, 0.4) is 0 Å². The first kappa shape index (κ1) is 21.7. The monoisotopic (exact) mass is 409 g/mol. The second-order valence-corrected chi connectivity index (χ2v) is 9.85. The molecule has 0 radical (unpaired) electrons. The van der Waals surface area contributed by atoms with Gasteiger partial charge in [-0.3, -0.25) is 4.90 Å². The number of hydrogen-bond acceptors (Lipinski definition) is 4. The minimum Gasteiger partial charge on any atom is -0.384 e. The van der Waals surface area contributed by atoms with Crippen LogP contribution in [0.15, 0.2) is 30.3 Å². The van der Waals surface area contributed by atoms with Crippen LogP contribution < -0.4 is 4.72 Å². The quantitative estimate of drug-likeness (QED) is 0.681. The van der Waals surface area contributed by atoms with Crippen molar-refractivity contribution in [1.29, 1.82) is 0 Å². The third-order valence-electron chi connectivity index (χ3n) is 6.06.